The number of fused-ring (bicyclic) bond motifs is 4. The minimum Gasteiger partial charge on any atom is -0.436 e. The van der Waals surface area contributed by atoms with E-state index in [1.54, 1.807) is 6.20 Å². The van der Waals surface area contributed by atoms with E-state index in [0.29, 0.717) is 5.71 Å². The first-order chi connectivity index (χ1) is 11.4. The maximum Gasteiger partial charge on any atom is 0.228 e. The molecule has 1 aromatic carbocycles. The first kappa shape index (κ1) is 12.3. The predicted molar refractivity (Wildman–Crippen MR) is 90.0 cm³/mol. The molecule has 0 unspecified atom stereocenters. The summed E-state index contributed by atoms with van der Waals surface area (Å²) in [5.74, 6) is 0. The topological polar surface area (TPSA) is 51.8 Å². The number of pyridine rings is 3. The zero-order valence-electron chi connectivity index (χ0n) is 12.1. The van der Waals surface area contributed by atoms with Gasteiger partial charge in [-0.1, -0.05) is 24.3 Å². The van der Waals surface area contributed by atoms with Gasteiger partial charge in [-0.15, -0.1) is 0 Å². The van der Waals surface area contributed by atoms with Gasteiger partial charge in [-0.2, -0.15) is 0 Å². The molecule has 4 heterocycles. The molecule has 0 aliphatic heterocycles. The Morgan fingerprint density at radius 2 is 1.70 bits per heavy atom. The number of benzene rings is 1. The van der Waals surface area contributed by atoms with Gasteiger partial charge >= 0.3 is 0 Å². The highest BCUT2D eigenvalue weighted by Crippen LogP contribution is 2.31. The smallest absolute Gasteiger partial charge is 0.228 e. The van der Waals surface area contributed by atoms with Crippen LogP contribution in [0.1, 0.15) is 0 Å². The maximum atomic E-state index is 5.83. The highest BCUT2D eigenvalue weighted by atomic mass is 16.3. The minimum absolute atomic E-state index is 0.609. The summed E-state index contributed by atoms with van der Waals surface area (Å²) >= 11 is 0. The SMILES string of the molecule is c1ccc2c(-c3cnc4c(c3)oc3ncccc34)nccc2c1. The molecule has 0 radical (unpaired) electrons. The Labute approximate surface area is 131 Å². The second-order valence-corrected chi connectivity index (χ2v) is 5.41. The van der Waals surface area contributed by atoms with Crippen molar-refractivity contribution in [2.24, 2.45) is 0 Å². The monoisotopic (exact) mass is 297 g/mol. The molecule has 0 spiro atoms. The molecule has 4 aromatic heterocycles. The summed E-state index contributed by atoms with van der Waals surface area (Å²) in [6.07, 6.45) is 5.39. The van der Waals surface area contributed by atoms with Gasteiger partial charge in [0, 0.05) is 29.5 Å². The van der Waals surface area contributed by atoms with Gasteiger partial charge in [-0.25, -0.2) is 4.98 Å². The van der Waals surface area contributed by atoms with Crippen LogP contribution in [0.2, 0.25) is 0 Å². The Bertz CT molecular complexity index is 1170. The molecule has 0 saturated carbocycles. The minimum atomic E-state index is 0.609. The summed E-state index contributed by atoms with van der Waals surface area (Å²) in [5.41, 5.74) is 4.01. The van der Waals surface area contributed by atoms with E-state index in [0.717, 1.165) is 38.5 Å². The first-order valence-electron chi connectivity index (χ1n) is 7.37. The predicted octanol–water partition coefficient (Wildman–Crippen LogP) is 4.59. The number of hydrogen-bond donors (Lipinski definition) is 0. The second-order valence-electron chi connectivity index (χ2n) is 5.41. The third-order valence-corrected chi connectivity index (χ3v) is 4.03. The molecule has 0 amide bonds. The van der Waals surface area contributed by atoms with Crippen LogP contribution in [-0.2, 0) is 0 Å². The van der Waals surface area contributed by atoms with Crippen molar-refractivity contribution in [2.75, 3.05) is 0 Å². The number of hydrogen-bond acceptors (Lipinski definition) is 4. The maximum absolute atomic E-state index is 5.83. The van der Waals surface area contributed by atoms with E-state index >= 15 is 0 Å². The lowest BCUT2D eigenvalue weighted by Gasteiger charge is -2.05. The molecule has 23 heavy (non-hydrogen) atoms. The lowest BCUT2D eigenvalue weighted by atomic mass is 10.1. The van der Waals surface area contributed by atoms with Gasteiger partial charge in [0.1, 0.15) is 5.52 Å². The molecule has 0 saturated heterocycles. The zero-order chi connectivity index (χ0) is 15.2. The molecule has 0 atom stereocenters. The summed E-state index contributed by atoms with van der Waals surface area (Å²) in [5, 5.41) is 3.19. The molecule has 4 heteroatoms. The van der Waals surface area contributed by atoms with E-state index in [9.17, 15) is 0 Å². The Morgan fingerprint density at radius 3 is 2.70 bits per heavy atom. The van der Waals surface area contributed by atoms with Crippen molar-refractivity contribution in [3.05, 3.63) is 67.1 Å². The molecule has 0 bridgehead atoms. The van der Waals surface area contributed by atoms with E-state index in [1.807, 2.05) is 48.8 Å². The average molecular weight is 297 g/mol. The summed E-state index contributed by atoms with van der Waals surface area (Å²) in [6, 6.07) is 16.0. The molecule has 0 aliphatic carbocycles. The largest absolute Gasteiger partial charge is 0.436 e. The van der Waals surface area contributed by atoms with Crippen molar-refractivity contribution in [3.8, 4) is 11.3 Å². The van der Waals surface area contributed by atoms with Crippen molar-refractivity contribution in [1.29, 1.82) is 0 Å². The number of rotatable bonds is 1. The van der Waals surface area contributed by atoms with Crippen LogP contribution in [-0.4, -0.2) is 15.0 Å². The number of nitrogens with zero attached hydrogens (tertiary/aromatic N) is 3. The van der Waals surface area contributed by atoms with Crippen LogP contribution in [0.25, 0.3) is 44.2 Å². The fraction of sp³-hybridized carbons (Fsp3) is 0. The first-order valence-corrected chi connectivity index (χ1v) is 7.37. The van der Waals surface area contributed by atoms with Crippen LogP contribution in [0.4, 0.5) is 0 Å². The summed E-state index contributed by atoms with van der Waals surface area (Å²) in [6.45, 7) is 0. The normalized spacial score (nSPS) is 11.5. The average Bonchev–Trinajstić information content (AvgIpc) is 2.99. The van der Waals surface area contributed by atoms with Crippen molar-refractivity contribution < 1.29 is 4.42 Å². The lowest BCUT2D eigenvalue weighted by molar-refractivity contribution is 0.653. The Balaban J connectivity index is 1.81. The molecular weight excluding hydrogens is 286 g/mol. The van der Waals surface area contributed by atoms with Gasteiger partial charge in [0.15, 0.2) is 5.58 Å². The van der Waals surface area contributed by atoms with Gasteiger partial charge in [-0.3, -0.25) is 9.97 Å². The van der Waals surface area contributed by atoms with Gasteiger partial charge in [-0.05, 0) is 29.7 Å². The molecule has 0 N–H and O–H groups in total. The molecule has 5 aromatic rings. The summed E-state index contributed by atoms with van der Waals surface area (Å²) < 4.78 is 5.83. The van der Waals surface area contributed by atoms with Gasteiger partial charge in [0.2, 0.25) is 5.71 Å². The highest BCUT2D eigenvalue weighted by Gasteiger charge is 2.12. The third kappa shape index (κ3) is 1.82. The van der Waals surface area contributed by atoms with Crippen molar-refractivity contribution in [3.63, 3.8) is 0 Å². The van der Waals surface area contributed by atoms with Gasteiger partial charge < -0.3 is 4.42 Å². The summed E-state index contributed by atoms with van der Waals surface area (Å²) in [7, 11) is 0. The van der Waals surface area contributed by atoms with Crippen LogP contribution >= 0.6 is 0 Å². The highest BCUT2D eigenvalue weighted by molar-refractivity contribution is 6.02. The Morgan fingerprint density at radius 1 is 0.783 bits per heavy atom. The Hall–Kier alpha value is -3.27. The van der Waals surface area contributed by atoms with Crippen molar-refractivity contribution >= 4 is 33.0 Å². The molecule has 4 nitrogen and oxygen atoms in total. The standard InChI is InChI=1S/C19H11N3O/c1-2-5-14-12(4-1)7-9-20-17(14)13-10-16-18(22-11-13)15-6-3-8-21-19(15)23-16/h1-11H. The summed E-state index contributed by atoms with van der Waals surface area (Å²) in [4.78, 5) is 13.4. The molecule has 0 fully saturated rings. The van der Waals surface area contributed by atoms with E-state index in [1.165, 1.54) is 0 Å². The van der Waals surface area contributed by atoms with Crippen LogP contribution in [0.3, 0.4) is 0 Å². The van der Waals surface area contributed by atoms with Crippen LogP contribution in [0.5, 0.6) is 0 Å². The third-order valence-electron chi connectivity index (χ3n) is 4.03. The van der Waals surface area contributed by atoms with E-state index in [2.05, 4.69) is 27.1 Å². The van der Waals surface area contributed by atoms with Gasteiger partial charge in [0.25, 0.3) is 0 Å². The second kappa shape index (κ2) is 4.61. The fourth-order valence-electron chi connectivity index (χ4n) is 2.96. The fourth-order valence-corrected chi connectivity index (χ4v) is 2.96. The van der Waals surface area contributed by atoms with E-state index in [4.69, 9.17) is 4.42 Å². The van der Waals surface area contributed by atoms with Crippen molar-refractivity contribution in [2.45, 2.75) is 0 Å². The van der Waals surface area contributed by atoms with Crippen molar-refractivity contribution in [1.82, 2.24) is 15.0 Å². The van der Waals surface area contributed by atoms with Crippen LogP contribution in [0, 0.1) is 0 Å². The molecule has 0 aliphatic rings. The van der Waals surface area contributed by atoms with E-state index < -0.39 is 0 Å². The van der Waals surface area contributed by atoms with Gasteiger partial charge in [0.05, 0.1) is 11.1 Å². The molecule has 108 valence electrons. The Kier molecular flexibility index (Phi) is 2.46. The number of aromatic nitrogens is 3. The molecule has 5 rings (SSSR count). The van der Waals surface area contributed by atoms with Crippen LogP contribution < -0.4 is 0 Å². The zero-order valence-corrected chi connectivity index (χ0v) is 12.1. The molecular formula is C19H11N3O. The number of furan rings is 1. The van der Waals surface area contributed by atoms with Crippen LogP contribution in [0.15, 0.2) is 71.5 Å². The quantitative estimate of drug-likeness (QED) is 0.454. The van der Waals surface area contributed by atoms with E-state index in [-0.39, 0.29) is 0 Å². The lowest BCUT2D eigenvalue weighted by Crippen LogP contribution is -1.87.